The molecule has 0 fully saturated rings. The quantitative estimate of drug-likeness (QED) is 0.735. The summed E-state index contributed by atoms with van der Waals surface area (Å²) in [6, 6.07) is 7.36. The van der Waals surface area contributed by atoms with Gasteiger partial charge in [0.25, 0.3) is 0 Å². The van der Waals surface area contributed by atoms with Crippen LogP contribution in [0.25, 0.3) is 0 Å². The molecular formula is C15H20O3S. The van der Waals surface area contributed by atoms with Gasteiger partial charge in [-0.1, -0.05) is 24.6 Å². The molecule has 0 saturated carbocycles. The Balaban J connectivity index is 2.38. The highest BCUT2D eigenvalue weighted by atomic mass is 32.2. The Labute approximate surface area is 116 Å². The summed E-state index contributed by atoms with van der Waals surface area (Å²) in [5.41, 5.74) is 1.10. The van der Waals surface area contributed by atoms with Crippen LogP contribution in [0, 0.1) is 6.92 Å². The Hall–Kier alpha value is -1.29. The maximum Gasteiger partial charge on any atom is 0.145 e. The normalized spacial score (nSPS) is 12.1. The van der Waals surface area contributed by atoms with Crippen molar-refractivity contribution in [1.82, 2.24) is 0 Å². The van der Waals surface area contributed by atoms with Gasteiger partial charge < -0.3 is 0 Å². The van der Waals surface area contributed by atoms with Crippen LogP contribution in [0.4, 0.5) is 0 Å². The van der Waals surface area contributed by atoms with E-state index in [1.165, 1.54) is 0 Å². The molecule has 4 heteroatoms. The molecular weight excluding hydrogens is 260 g/mol. The fraction of sp³-hybridized carbons (Fsp3) is 0.467. The van der Waals surface area contributed by atoms with Crippen LogP contribution < -0.4 is 0 Å². The van der Waals surface area contributed by atoms with Gasteiger partial charge in [0.2, 0.25) is 0 Å². The van der Waals surface area contributed by atoms with Crippen LogP contribution in [0.5, 0.6) is 0 Å². The highest BCUT2D eigenvalue weighted by molar-refractivity contribution is 7.85. The number of hydrogen-bond acceptors (Lipinski definition) is 3. The van der Waals surface area contributed by atoms with E-state index in [4.69, 9.17) is 0 Å². The van der Waals surface area contributed by atoms with E-state index in [2.05, 4.69) is 0 Å². The van der Waals surface area contributed by atoms with Gasteiger partial charge >= 0.3 is 0 Å². The van der Waals surface area contributed by atoms with Gasteiger partial charge in [0, 0.05) is 24.2 Å². The van der Waals surface area contributed by atoms with Gasteiger partial charge in [0.15, 0.2) is 0 Å². The molecule has 0 amide bonds. The standard InChI is InChI=1S/C15H20O3S/c1-3-13(16)5-4-6-14(17)11-19(18)15-9-7-12(2)8-10-15/h7-10H,3-6,11H2,1-2H3. The van der Waals surface area contributed by atoms with E-state index in [1.54, 1.807) is 12.1 Å². The third-order valence-electron chi connectivity index (χ3n) is 2.88. The Morgan fingerprint density at radius 2 is 1.63 bits per heavy atom. The van der Waals surface area contributed by atoms with Gasteiger partial charge in [0.05, 0.1) is 16.6 Å². The van der Waals surface area contributed by atoms with Crippen LogP contribution >= 0.6 is 0 Å². The van der Waals surface area contributed by atoms with Crippen molar-refractivity contribution in [1.29, 1.82) is 0 Å². The van der Waals surface area contributed by atoms with Crippen LogP contribution in [0.2, 0.25) is 0 Å². The number of ketones is 2. The zero-order chi connectivity index (χ0) is 14.3. The van der Waals surface area contributed by atoms with Crippen LogP contribution in [-0.2, 0) is 20.4 Å². The molecule has 1 aromatic carbocycles. The number of hydrogen-bond donors (Lipinski definition) is 0. The fourth-order valence-electron chi connectivity index (χ4n) is 1.65. The summed E-state index contributed by atoms with van der Waals surface area (Å²) in [6.07, 6.45) is 1.86. The highest BCUT2D eigenvalue weighted by Crippen LogP contribution is 2.10. The molecule has 0 aliphatic rings. The Morgan fingerprint density at radius 3 is 2.21 bits per heavy atom. The second-order valence-corrected chi connectivity index (χ2v) is 6.04. The highest BCUT2D eigenvalue weighted by Gasteiger charge is 2.10. The SMILES string of the molecule is CCC(=O)CCCC(=O)CS(=O)c1ccc(C)cc1. The Morgan fingerprint density at radius 1 is 1.05 bits per heavy atom. The average Bonchev–Trinajstić information content (AvgIpc) is 2.39. The van der Waals surface area contributed by atoms with Crippen LogP contribution in [0.1, 0.15) is 38.2 Å². The van der Waals surface area contributed by atoms with Crippen molar-refractivity contribution >= 4 is 22.4 Å². The lowest BCUT2D eigenvalue weighted by Gasteiger charge is -2.02. The molecule has 0 aliphatic heterocycles. The van der Waals surface area contributed by atoms with E-state index >= 15 is 0 Å². The molecule has 1 atom stereocenters. The molecule has 0 aromatic heterocycles. The lowest BCUT2D eigenvalue weighted by molar-refractivity contribution is -0.119. The van der Waals surface area contributed by atoms with Gasteiger partial charge in [-0.2, -0.15) is 0 Å². The van der Waals surface area contributed by atoms with E-state index in [1.807, 2.05) is 26.0 Å². The molecule has 0 bridgehead atoms. The lowest BCUT2D eigenvalue weighted by atomic mass is 10.1. The first-order chi connectivity index (χ1) is 9.02. The molecule has 0 radical (unpaired) electrons. The van der Waals surface area contributed by atoms with Crippen molar-refractivity contribution < 1.29 is 13.8 Å². The van der Waals surface area contributed by atoms with Crippen molar-refractivity contribution in [3.05, 3.63) is 29.8 Å². The second-order valence-electron chi connectivity index (χ2n) is 4.59. The minimum Gasteiger partial charge on any atom is -0.300 e. The molecule has 1 aromatic rings. The third-order valence-corrected chi connectivity index (χ3v) is 4.26. The molecule has 0 spiro atoms. The maximum absolute atomic E-state index is 11.9. The van der Waals surface area contributed by atoms with Crippen LogP contribution in [0.15, 0.2) is 29.2 Å². The van der Waals surface area contributed by atoms with Crippen molar-refractivity contribution in [3.8, 4) is 0 Å². The Bertz CT molecular complexity index is 463. The van der Waals surface area contributed by atoms with Gasteiger partial charge in [-0.25, -0.2) is 0 Å². The zero-order valence-electron chi connectivity index (χ0n) is 11.5. The molecule has 3 nitrogen and oxygen atoms in total. The molecule has 0 N–H and O–H groups in total. The number of carbonyl (C=O) groups is 2. The second kappa shape index (κ2) is 8.00. The summed E-state index contributed by atoms with van der Waals surface area (Å²) in [7, 11) is -1.27. The smallest absolute Gasteiger partial charge is 0.145 e. The van der Waals surface area contributed by atoms with E-state index in [-0.39, 0.29) is 17.3 Å². The molecule has 104 valence electrons. The first-order valence-electron chi connectivity index (χ1n) is 6.51. The average molecular weight is 280 g/mol. The van der Waals surface area contributed by atoms with E-state index in [0.29, 0.717) is 30.6 Å². The largest absolute Gasteiger partial charge is 0.300 e. The monoisotopic (exact) mass is 280 g/mol. The van der Waals surface area contributed by atoms with Gasteiger partial charge in [-0.15, -0.1) is 0 Å². The predicted molar refractivity (Wildman–Crippen MR) is 76.6 cm³/mol. The van der Waals surface area contributed by atoms with E-state index < -0.39 is 10.8 Å². The van der Waals surface area contributed by atoms with Crippen LogP contribution in [-0.4, -0.2) is 21.5 Å². The molecule has 1 rings (SSSR count). The molecule has 0 heterocycles. The minimum atomic E-state index is -1.27. The molecule has 19 heavy (non-hydrogen) atoms. The fourth-order valence-corrected chi connectivity index (χ4v) is 2.69. The van der Waals surface area contributed by atoms with E-state index in [9.17, 15) is 13.8 Å². The predicted octanol–water partition coefficient (Wildman–Crippen LogP) is 2.82. The number of rotatable bonds is 8. The third kappa shape index (κ3) is 5.92. The summed E-state index contributed by atoms with van der Waals surface area (Å²) in [5, 5.41) is 0. The number of aryl methyl sites for hydroxylation is 1. The summed E-state index contributed by atoms with van der Waals surface area (Å²) >= 11 is 0. The number of benzene rings is 1. The lowest BCUT2D eigenvalue weighted by Crippen LogP contribution is -2.11. The van der Waals surface area contributed by atoms with Crippen molar-refractivity contribution in [2.75, 3.05) is 5.75 Å². The van der Waals surface area contributed by atoms with Crippen LogP contribution in [0.3, 0.4) is 0 Å². The summed E-state index contributed by atoms with van der Waals surface area (Å²) in [4.78, 5) is 23.4. The van der Waals surface area contributed by atoms with Gasteiger partial charge in [-0.05, 0) is 25.5 Å². The minimum absolute atomic E-state index is 0.0391. The first kappa shape index (κ1) is 15.8. The molecule has 0 saturated heterocycles. The molecule has 1 unspecified atom stereocenters. The zero-order valence-corrected chi connectivity index (χ0v) is 12.3. The van der Waals surface area contributed by atoms with E-state index in [0.717, 1.165) is 5.56 Å². The number of carbonyl (C=O) groups excluding carboxylic acids is 2. The molecule has 0 aliphatic carbocycles. The Kier molecular flexibility index (Phi) is 6.64. The summed E-state index contributed by atoms with van der Waals surface area (Å²) in [6.45, 7) is 3.78. The topological polar surface area (TPSA) is 51.2 Å². The summed E-state index contributed by atoms with van der Waals surface area (Å²) < 4.78 is 11.9. The van der Waals surface area contributed by atoms with Crippen molar-refractivity contribution in [3.63, 3.8) is 0 Å². The summed E-state index contributed by atoms with van der Waals surface area (Å²) in [5.74, 6) is 0.180. The van der Waals surface area contributed by atoms with Crippen molar-refractivity contribution in [2.45, 2.75) is 44.4 Å². The number of Topliss-reactive ketones (excluding diaryl/α,β-unsaturated/α-hetero) is 2. The maximum atomic E-state index is 11.9. The first-order valence-corrected chi connectivity index (χ1v) is 7.83. The van der Waals surface area contributed by atoms with Crippen molar-refractivity contribution in [2.24, 2.45) is 0 Å². The van der Waals surface area contributed by atoms with Gasteiger partial charge in [-0.3, -0.25) is 13.8 Å². The van der Waals surface area contributed by atoms with Gasteiger partial charge in [0.1, 0.15) is 11.6 Å².